The fourth-order valence-corrected chi connectivity index (χ4v) is 4.18. The number of aromatic nitrogens is 3. The number of hydrogen-bond acceptors (Lipinski definition) is 5. The van der Waals surface area contributed by atoms with Gasteiger partial charge in [0.1, 0.15) is 11.6 Å². The first kappa shape index (κ1) is 21.4. The molecule has 170 valence electrons. The minimum Gasteiger partial charge on any atom is -0.497 e. The highest BCUT2D eigenvalue weighted by Crippen LogP contribution is 2.33. The van der Waals surface area contributed by atoms with Crippen LogP contribution in [-0.4, -0.2) is 43.7 Å². The Morgan fingerprint density at radius 2 is 1.71 bits per heavy atom. The number of fused-ring (bicyclic) bond motifs is 3. The van der Waals surface area contributed by atoms with Crippen LogP contribution >= 0.6 is 0 Å². The van der Waals surface area contributed by atoms with E-state index >= 15 is 0 Å². The Morgan fingerprint density at radius 3 is 2.41 bits per heavy atom. The van der Waals surface area contributed by atoms with E-state index < -0.39 is 12.3 Å². The van der Waals surface area contributed by atoms with Gasteiger partial charge in [-0.3, -0.25) is 14.5 Å². The molecule has 3 aromatic carbocycles. The number of nitrogens with zero attached hydrogens (tertiary/aromatic N) is 5. The lowest BCUT2D eigenvalue weighted by molar-refractivity contribution is 0.119. The van der Waals surface area contributed by atoms with E-state index in [-0.39, 0.29) is 6.54 Å². The molecule has 8 heteroatoms. The number of carbonyl (C=O) groups is 1. The quantitative estimate of drug-likeness (QED) is 0.476. The highest BCUT2D eigenvalue weighted by atomic mass is 16.5. The third kappa shape index (κ3) is 3.79. The van der Waals surface area contributed by atoms with Crippen molar-refractivity contribution in [3.8, 4) is 11.4 Å². The molecule has 0 saturated carbocycles. The molecule has 0 bridgehead atoms. The molecule has 1 N–H and O–H groups in total. The lowest BCUT2D eigenvalue weighted by Gasteiger charge is -2.26. The minimum absolute atomic E-state index is 0.123. The van der Waals surface area contributed by atoms with Crippen LogP contribution in [-0.2, 0) is 6.54 Å². The summed E-state index contributed by atoms with van der Waals surface area (Å²) in [6.07, 6.45) is -2.00. The summed E-state index contributed by atoms with van der Waals surface area (Å²) in [7, 11) is 1.59. The third-order valence-corrected chi connectivity index (χ3v) is 5.83. The summed E-state index contributed by atoms with van der Waals surface area (Å²) in [5.41, 5.74) is 4.15. The second kappa shape index (κ2) is 8.82. The number of aliphatic imine (C=N–C) groups is 1. The van der Waals surface area contributed by atoms with Crippen molar-refractivity contribution in [2.75, 3.05) is 7.11 Å². The first-order valence-electron chi connectivity index (χ1n) is 10.8. The van der Waals surface area contributed by atoms with Crippen molar-refractivity contribution in [2.45, 2.75) is 19.6 Å². The van der Waals surface area contributed by atoms with Crippen LogP contribution in [0.4, 0.5) is 4.79 Å². The molecule has 1 aliphatic heterocycles. The molecule has 2 heterocycles. The van der Waals surface area contributed by atoms with Crippen molar-refractivity contribution in [1.29, 1.82) is 0 Å². The van der Waals surface area contributed by atoms with Gasteiger partial charge in [-0.2, -0.15) is 0 Å². The van der Waals surface area contributed by atoms with E-state index in [1.807, 2.05) is 90.4 Å². The fraction of sp³-hybridized carbons (Fsp3) is 0.154. The van der Waals surface area contributed by atoms with E-state index in [2.05, 4.69) is 10.2 Å². The minimum atomic E-state index is -1.10. The van der Waals surface area contributed by atoms with Gasteiger partial charge in [-0.15, -0.1) is 10.2 Å². The van der Waals surface area contributed by atoms with Crippen LogP contribution in [0.3, 0.4) is 0 Å². The van der Waals surface area contributed by atoms with Crippen LogP contribution < -0.4 is 4.74 Å². The van der Waals surface area contributed by atoms with E-state index in [0.29, 0.717) is 23.1 Å². The van der Waals surface area contributed by atoms with Crippen LogP contribution in [0.15, 0.2) is 83.9 Å². The number of aryl methyl sites for hydroxylation is 1. The van der Waals surface area contributed by atoms with E-state index in [1.165, 1.54) is 4.90 Å². The number of ether oxygens (including phenoxy) is 1. The Balaban J connectivity index is 1.69. The molecule has 1 aliphatic rings. The number of amides is 1. The smallest absolute Gasteiger partial charge is 0.409 e. The number of hydrogen-bond donors (Lipinski definition) is 1. The second-order valence-electron chi connectivity index (χ2n) is 7.93. The number of benzene rings is 3. The Morgan fingerprint density at radius 1 is 1.00 bits per heavy atom. The van der Waals surface area contributed by atoms with Crippen molar-refractivity contribution in [2.24, 2.45) is 4.99 Å². The zero-order valence-electron chi connectivity index (χ0n) is 18.8. The van der Waals surface area contributed by atoms with Gasteiger partial charge in [0.15, 0.2) is 12.0 Å². The first-order valence-corrected chi connectivity index (χ1v) is 10.8. The van der Waals surface area contributed by atoms with Gasteiger partial charge in [0.25, 0.3) is 0 Å². The van der Waals surface area contributed by atoms with Crippen LogP contribution in [0.2, 0.25) is 0 Å². The molecular formula is C26H23N5O3. The SMILES string of the molecule is COc1ccc(CN(C(=O)O)C2N=C(c3ccccc3)c3ccccc3-n3c(C)nnc32)cc1. The monoisotopic (exact) mass is 453 g/mol. The number of methoxy groups -OCH3 is 1. The van der Waals surface area contributed by atoms with Gasteiger partial charge in [-0.1, -0.05) is 60.7 Å². The molecule has 0 fully saturated rings. The summed E-state index contributed by atoms with van der Waals surface area (Å²) >= 11 is 0. The lowest BCUT2D eigenvalue weighted by atomic mass is 10.0. The van der Waals surface area contributed by atoms with Crippen molar-refractivity contribution in [3.05, 3.63) is 107 Å². The Kier molecular flexibility index (Phi) is 5.55. The maximum atomic E-state index is 12.5. The van der Waals surface area contributed by atoms with Gasteiger partial charge in [-0.25, -0.2) is 4.79 Å². The molecule has 1 unspecified atom stereocenters. The van der Waals surface area contributed by atoms with Crippen molar-refractivity contribution in [3.63, 3.8) is 0 Å². The average Bonchev–Trinajstić information content (AvgIpc) is 3.18. The number of para-hydroxylation sites is 1. The van der Waals surface area contributed by atoms with Gasteiger partial charge < -0.3 is 9.84 Å². The van der Waals surface area contributed by atoms with Gasteiger partial charge in [0, 0.05) is 11.1 Å². The van der Waals surface area contributed by atoms with Gasteiger partial charge in [0.05, 0.1) is 25.1 Å². The van der Waals surface area contributed by atoms with E-state index in [9.17, 15) is 9.90 Å². The molecule has 0 saturated heterocycles. The Hall–Kier alpha value is -4.46. The summed E-state index contributed by atoms with van der Waals surface area (Å²) in [6, 6.07) is 24.9. The summed E-state index contributed by atoms with van der Waals surface area (Å²) in [6.45, 7) is 1.98. The zero-order chi connectivity index (χ0) is 23.7. The van der Waals surface area contributed by atoms with Crippen molar-refractivity contribution < 1.29 is 14.6 Å². The number of carboxylic acid groups (broad SMARTS) is 1. The molecule has 1 atom stereocenters. The first-order chi connectivity index (χ1) is 16.6. The maximum absolute atomic E-state index is 12.5. The van der Waals surface area contributed by atoms with Gasteiger partial charge in [0.2, 0.25) is 0 Å². The van der Waals surface area contributed by atoms with Crippen LogP contribution in [0.5, 0.6) is 5.75 Å². The maximum Gasteiger partial charge on any atom is 0.409 e. The third-order valence-electron chi connectivity index (χ3n) is 5.83. The lowest BCUT2D eigenvalue weighted by Crippen LogP contribution is -2.34. The molecule has 1 aromatic heterocycles. The van der Waals surface area contributed by atoms with Crippen molar-refractivity contribution in [1.82, 2.24) is 19.7 Å². The Labute approximate surface area is 196 Å². The number of rotatable bonds is 5. The highest BCUT2D eigenvalue weighted by molar-refractivity contribution is 6.15. The average molecular weight is 454 g/mol. The van der Waals surface area contributed by atoms with Gasteiger partial charge >= 0.3 is 6.09 Å². The highest BCUT2D eigenvalue weighted by Gasteiger charge is 2.34. The van der Waals surface area contributed by atoms with Crippen molar-refractivity contribution >= 4 is 11.8 Å². The van der Waals surface area contributed by atoms with E-state index in [1.54, 1.807) is 7.11 Å². The molecule has 0 radical (unpaired) electrons. The van der Waals surface area contributed by atoms with Crippen LogP contribution in [0.1, 0.15) is 34.5 Å². The molecule has 4 aromatic rings. The van der Waals surface area contributed by atoms with Crippen LogP contribution in [0.25, 0.3) is 5.69 Å². The normalized spacial score (nSPS) is 14.4. The topological polar surface area (TPSA) is 92.8 Å². The molecular weight excluding hydrogens is 430 g/mol. The molecule has 0 spiro atoms. The van der Waals surface area contributed by atoms with Gasteiger partial charge in [-0.05, 0) is 30.7 Å². The van der Waals surface area contributed by atoms with E-state index in [0.717, 1.165) is 22.4 Å². The molecule has 1 amide bonds. The zero-order valence-corrected chi connectivity index (χ0v) is 18.8. The predicted octanol–water partition coefficient (Wildman–Crippen LogP) is 4.61. The largest absolute Gasteiger partial charge is 0.497 e. The summed E-state index contributed by atoms with van der Waals surface area (Å²) < 4.78 is 7.12. The molecule has 5 rings (SSSR count). The molecule has 0 aliphatic carbocycles. The molecule has 8 nitrogen and oxygen atoms in total. The summed E-state index contributed by atoms with van der Waals surface area (Å²) in [4.78, 5) is 18.8. The predicted molar refractivity (Wildman–Crippen MR) is 127 cm³/mol. The standard InChI is InChI=1S/C26H23N5O3/c1-17-28-29-25-24(30(26(32)33)16-18-12-14-20(34-2)15-13-18)27-23(19-8-4-3-5-9-19)21-10-6-7-11-22(21)31(17)25/h3-15,24H,16H2,1-2H3,(H,32,33). The Bertz CT molecular complexity index is 1360. The van der Waals surface area contributed by atoms with E-state index in [4.69, 9.17) is 9.73 Å². The fourth-order valence-electron chi connectivity index (χ4n) is 4.18. The molecule has 34 heavy (non-hydrogen) atoms. The second-order valence-corrected chi connectivity index (χ2v) is 7.93. The summed E-state index contributed by atoms with van der Waals surface area (Å²) in [5.74, 6) is 1.81. The summed E-state index contributed by atoms with van der Waals surface area (Å²) in [5, 5.41) is 18.9. The van der Waals surface area contributed by atoms with Crippen LogP contribution in [0, 0.1) is 6.92 Å².